The number of unbranched alkanes of at least 4 members (excludes halogenated alkanes) is 2. The number of rotatable bonds is 7. The first kappa shape index (κ1) is 13.2. The molecule has 0 spiro atoms. The molecule has 1 aromatic rings. The van der Waals surface area contributed by atoms with E-state index in [0.29, 0.717) is 0 Å². The van der Waals surface area contributed by atoms with Crippen LogP contribution in [0, 0.1) is 6.08 Å². The zero-order chi connectivity index (χ0) is 11.6. The molecule has 0 N–H and O–H groups in total. The first-order valence-corrected chi connectivity index (χ1v) is 7.00. The third-order valence-corrected chi connectivity index (χ3v) is 2.58. The summed E-state index contributed by atoms with van der Waals surface area (Å²) in [6.07, 6.45) is 8.82. The van der Waals surface area contributed by atoms with Crippen LogP contribution in [0.3, 0.4) is 0 Å². The molecule has 0 aliphatic rings. The lowest BCUT2D eigenvalue weighted by Gasteiger charge is -2.08. The molecule has 1 nitrogen and oxygen atoms in total. The van der Waals surface area contributed by atoms with Gasteiger partial charge in [-0.3, -0.25) is 0 Å². The largest absolute Gasteiger partial charge is 0.493 e. The maximum atomic E-state index is 5.74. The first-order chi connectivity index (χ1) is 7.88. The maximum Gasteiger partial charge on any atom is 0.127 e. The molecule has 0 amide bonds. The first-order valence-electron chi connectivity index (χ1n) is 5.71. The average molecular weight is 235 g/mol. The molecule has 1 radical (unpaired) electrons. The standard InChI is InChI=1S/C14H19OS/c1-3-4-7-11-15-14-9-6-5-8-13(14)10-12-16-2/h5-6,8-9,12H,3-4,7,11H2,1-2H3. The van der Waals surface area contributed by atoms with Crippen LogP contribution in [0.5, 0.6) is 5.75 Å². The number of hydrogen-bond donors (Lipinski definition) is 0. The Balaban J connectivity index is 2.53. The lowest BCUT2D eigenvalue weighted by molar-refractivity contribution is 0.305. The van der Waals surface area contributed by atoms with Crippen molar-refractivity contribution in [3.8, 4) is 5.75 Å². The second-order valence-corrected chi connectivity index (χ2v) is 4.26. The van der Waals surface area contributed by atoms with Crippen molar-refractivity contribution < 1.29 is 4.74 Å². The van der Waals surface area contributed by atoms with E-state index >= 15 is 0 Å². The summed E-state index contributed by atoms with van der Waals surface area (Å²) >= 11 is 1.65. The number of para-hydroxylation sites is 1. The molecular weight excluding hydrogens is 216 g/mol. The molecule has 0 unspecified atom stereocenters. The fourth-order valence-electron chi connectivity index (χ4n) is 1.37. The van der Waals surface area contributed by atoms with Crippen LogP contribution in [-0.2, 0) is 0 Å². The molecule has 1 aromatic carbocycles. The Kier molecular flexibility index (Phi) is 6.82. The van der Waals surface area contributed by atoms with E-state index < -0.39 is 0 Å². The fraction of sp³-hybridized carbons (Fsp3) is 0.429. The molecule has 0 aromatic heterocycles. The molecule has 0 heterocycles. The van der Waals surface area contributed by atoms with Crippen molar-refractivity contribution in [2.45, 2.75) is 26.2 Å². The Morgan fingerprint density at radius 3 is 2.88 bits per heavy atom. The van der Waals surface area contributed by atoms with Gasteiger partial charge in [-0.05, 0) is 24.2 Å². The quantitative estimate of drug-likeness (QED) is 0.652. The molecule has 0 aliphatic carbocycles. The smallest absolute Gasteiger partial charge is 0.127 e. The summed E-state index contributed by atoms with van der Waals surface area (Å²) in [4.78, 5) is 0. The monoisotopic (exact) mass is 235 g/mol. The third-order valence-electron chi connectivity index (χ3n) is 2.22. The molecule has 0 fully saturated rings. The van der Waals surface area contributed by atoms with Crippen molar-refractivity contribution in [1.82, 2.24) is 0 Å². The number of benzene rings is 1. The highest BCUT2D eigenvalue weighted by Crippen LogP contribution is 2.19. The Labute approximate surface area is 103 Å². The van der Waals surface area contributed by atoms with Gasteiger partial charge in [-0.1, -0.05) is 38.0 Å². The summed E-state index contributed by atoms with van der Waals surface area (Å²) in [7, 11) is 0. The van der Waals surface area contributed by atoms with E-state index in [-0.39, 0.29) is 0 Å². The highest BCUT2D eigenvalue weighted by atomic mass is 32.2. The molecule has 16 heavy (non-hydrogen) atoms. The Morgan fingerprint density at radius 1 is 1.31 bits per heavy atom. The summed E-state index contributed by atoms with van der Waals surface area (Å²) in [5, 5.41) is 1.95. The minimum atomic E-state index is 0.797. The van der Waals surface area contributed by atoms with Gasteiger partial charge >= 0.3 is 0 Å². The maximum absolute atomic E-state index is 5.74. The van der Waals surface area contributed by atoms with Gasteiger partial charge in [0, 0.05) is 11.6 Å². The van der Waals surface area contributed by atoms with E-state index in [9.17, 15) is 0 Å². The van der Waals surface area contributed by atoms with Crippen molar-refractivity contribution in [3.05, 3.63) is 41.3 Å². The van der Waals surface area contributed by atoms with Crippen LogP contribution in [0.2, 0.25) is 0 Å². The number of hydrogen-bond acceptors (Lipinski definition) is 2. The highest BCUT2D eigenvalue weighted by molar-refractivity contribution is 8.01. The predicted octanol–water partition coefficient (Wildman–Crippen LogP) is 4.28. The summed E-state index contributed by atoms with van der Waals surface area (Å²) in [6, 6.07) is 8.04. The van der Waals surface area contributed by atoms with Crippen molar-refractivity contribution in [1.29, 1.82) is 0 Å². The van der Waals surface area contributed by atoms with Gasteiger partial charge in [0.05, 0.1) is 6.61 Å². The molecule has 2 heteroatoms. The van der Waals surface area contributed by atoms with E-state index in [2.05, 4.69) is 13.0 Å². The van der Waals surface area contributed by atoms with Crippen LogP contribution in [0.25, 0.3) is 0 Å². The minimum Gasteiger partial charge on any atom is -0.493 e. The number of thioether (sulfide) groups is 1. The van der Waals surface area contributed by atoms with Gasteiger partial charge in [-0.25, -0.2) is 0 Å². The van der Waals surface area contributed by atoms with Crippen molar-refractivity contribution in [2.24, 2.45) is 0 Å². The summed E-state index contributed by atoms with van der Waals surface area (Å²) in [6.45, 7) is 2.99. The van der Waals surface area contributed by atoms with Crippen molar-refractivity contribution >= 4 is 11.8 Å². The van der Waals surface area contributed by atoms with E-state index in [1.807, 2.05) is 35.9 Å². The molecular formula is C14H19OS. The highest BCUT2D eigenvalue weighted by Gasteiger charge is 1.99. The lowest BCUT2D eigenvalue weighted by Crippen LogP contribution is -1.98. The van der Waals surface area contributed by atoms with Crippen LogP contribution in [0.15, 0.2) is 29.7 Å². The minimum absolute atomic E-state index is 0.797. The fourth-order valence-corrected chi connectivity index (χ4v) is 1.61. The van der Waals surface area contributed by atoms with E-state index in [4.69, 9.17) is 4.74 Å². The van der Waals surface area contributed by atoms with Crippen molar-refractivity contribution in [3.63, 3.8) is 0 Å². The summed E-state index contributed by atoms with van der Waals surface area (Å²) in [5.74, 6) is 0.934. The van der Waals surface area contributed by atoms with Gasteiger partial charge < -0.3 is 4.74 Å². The van der Waals surface area contributed by atoms with Gasteiger partial charge in [0.25, 0.3) is 0 Å². The van der Waals surface area contributed by atoms with Gasteiger partial charge in [0.2, 0.25) is 0 Å². The van der Waals surface area contributed by atoms with Crippen molar-refractivity contribution in [2.75, 3.05) is 12.9 Å². The van der Waals surface area contributed by atoms with E-state index in [1.54, 1.807) is 11.8 Å². The van der Waals surface area contributed by atoms with Crippen LogP contribution in [0.4, 0.5) is 0 Å². The number of ether oxygens (including phenoxy) is 1. The zero-order valence-corrected chi connectivity index (χ0v) is 10.8. The van der Waals surface area contributed by atoms with E-state index in [1.165, 1.54) is 12.8 Å². The van der Waals surface area contributed by atoms with E-state index in [0.717, 1.165) is 24.3 Å². The molecule has 1 rings (SSSR count). The topological polar surface area (TPSA) is 9.23 Å². The Hall–Kier alpha value is -0.890. The second-order valence-electron chi connectivity index (χ2n) is 3.55. The molecule has 0 aliphatic heterocycles. The predicted molar refractivity (Wildman–Crippen MR) is 71.9 cm³/mol. The van der Waals surface area contributed by atoms with Crippen LogP contribution in [-0.4, -0.2) is 12.9 Å². The molecule has 0 bridgehead atoms. The second kappa shape index (κ2) is 8.28. The Bertz CT molecular complexity index is 320. The average Bonchev–Trinajstić information content (AvgIpc) is 2.33. The molecule has 0 saturated carbocycles. The van der Waals surface area contributed by atoms with Gasteiger partial charge in [-0.15, -0.1) is 11.8 Å². The van der Waals surface area contributed by atoms with Crippen LogP contribution >= 0.6 is 11.8 Å². The lowest BCUT2D eigenvalue weighted by atomic mass is 10.2. The molecule has 0 atom stereocenters. The molecule has 87 valence electrons. The SMILES string of the molecule is CCCCCOc1ccccc1/[C]=C/SC. The zero-order valence-electron chi connectivity index (χ0n) is 10.0. The van der Waals surface area contributed by atoms with Gasteiger partial charge in [0.1, 0.15) is 5.75 Å². The molecule has 0 saturated heterocycles. The normalized spacial score (nSPS) is 10.9. The third kappa shape index (κ3) is 4.75. The van der Waals surface area contributed by atoms with Crippen LogP contribution < -0.4 is 4.74 Å². The van der Waals surface area contributed by atoms with Gasteiger partial charge in [0.15, 0.2) is 0 Å². The van der Waals surface area contributed by atoms with Crippen LogP contribution in [0.1, 0.15) is 31.7 Å². The summed E-state index contributed by atoms with van der Waals surface area (Å²) < 4.78 is 5.74. The van der Waals surface area contributed by atoms with Gasteiger partial charge in [-0.2, -0.15) is 0 Å². The Morgan fingerprint density at radius 2 is 2.12 bits per heavy atom. The summed E-state index contributed by atoms with van der Waals surface area (Å²) in [5.41, 5.74) is 1.04.